The van der Waals surface area contributed by atoms with Crippen molar-refractivity contribution in [2.45, 2.75) is 39.0 Å². The summed E-state index contributed by atoms with van der Waals surface area (Å²) in [6.45, 7) is 3.23. The molecule has 1 unspecified atom stereocenters. The van der Waals surface area contributed by atoms with E-state index in [1.807, 2.05) is 6.92 Å². The largest absolute Gasteiger partial charge is 0.435 e. The van der Waals surface area contributed by atoms with E-state index in [1.54, 1.807) is 13.8 Å². The lowest BCUT2D eigenvalue weighted by Crippen LogP contribution is -2.47. The van der Waals surface area contributed by atoms with Crippen LogP contribution in [-0.4, -0.2) is 57.5 Å². The van der Waals surface area contributed by atoms with Gasteiger partial charge in [0.15, 0.2) is 5.96 Å². The zero-order valence-electron chi connectivity index (χ0n) is 16.8. The Morgan fingerprint density at radius 2 is 1.83 bits per heavy atom. The van der Waals surface area contributed by atoms with Crippen LogP contribution in [0.25, 0.3) is 0 Å². The Hall–Kier alpha value is -1.25. The molecule has 8 nitrogen and oxygen atoms in total. The van der Waals surface area contributed by atoms with E-state index in [2.05, 4.69) is 25.1 Å². The van der Waals surface area contributed by atoms with E-state index < -0.39 is 28.3 Å². The Kier molecular flexibility index (Phi) is 11.9. The van der Waals surface area contributed by atoms with E-state index >= 15 is 0 Å². The molecule has 0 heterocycles. The first kappa shape index (κ1) is 27.8. The summed E-state index contributed by atoms with van der Waals surface area (Å²) in [4.78, 5) is 4.33. The molecular weight excluding hydrogens is 521 g/mol. The van der Waals surface area contributed by atoms with Gasteiger partial charge in [-0.2, -0.15) is 8.78 Å². The van der Waals surface area contributed by atoms with E-state index in [0.29, 0.717) is 18.1 Å². The van der Waals surface area contributed by atoms with Crippen molar-refractivity contribution in [3.05, 3.63) is 29.8 Å². The number of hydrogen-bond donors (Lipinski definition) is 4. The molecule has 0 amide bonds. The average Bonchev–Trinajstić information content (AvgIpc) is 2.55. The zero-order chi connectivity index (χ0) is 21.4. The van der Waals surface area contributed by atoms with Gasteiger partial charge in [-0.1, -0.05) is 12.1 Å². The molecule has 1 rings (SSSR count). The van der Waals surface area contributed by atoms with E-state index in [-0.39, 0.29) is 42.8 Å². The van der Waals surface area contributed by atoms with E-state index in [0.717, 1.165) is 6.26 Å². The highest BCUT2D eigenvalue weighted by Gasteiger charge is 2.22. The number of guanidine groups is 1. The molecule has 0 aromatic heterocycles. The molecule has 0 saturated heterocycles. The van der Waals surface area contributed by atoms with Crippen LogP contribution >= 0.6 is 24.0 Å². The van der Waals surface area contributed by atoms with Crippen LogP contribution in [-0.2, 0) is 10.0 Å². The van der Waals surface area contributed by atoms with Crippen molar-refractivity contribution in [1.29, 1.82) is 0 Å². The van der Waals surface area contributed by atoms with Gasteiger partial charge in [0, 0.05) is 18.6 Å². The predicted octanol–water partition coefficient (Wildman–Crippen LogP) is 1.82. The van der Waals surface area contributed by atoms with Gasteiger partial charge in [-0.05, 0) is 38.5 Å². The van der Waals surface area contributed by atoms with Gasteiger partial charge in [0.2, 0.25) is 10.0 Å². The number of nitrogens with one attached hydrogen (secondary N) is 3. The second kappa shape index (κ2) is 12.4. The maximum atomic E-state index is 12.2. The topological polar surface area (TPSA) is 112 Å². The van der Waals surface area contributed by atoms with E-state index in [9.17, 15) is 22.3 Å². The van der Waals surface area contributed by atoms with Gasteiger partial charge < -0.3 is 20.5 Å². The number of aliphatic imine (C=N–C) groups is 1. The quantitative estimate of drug-likeness (QED) is 0.201. The highest BCUT2D eigenvalue weighted by Crippen LogP contribution is 2.19. The summed E-state index contributed by atoms with van der Waals surface area (Å²) in [5, 5.41) is 16.2. The molecule has 1 aromatic rings. The van der Waals surface area contributed by atoms with Crippen molar-refractivity contribution in [1.82, 2.24) is 15.4 Å². The summed E-state index contributed by atoms with van der Waals surface area (Å²) in [5.41, 5.74) is -0.265. The minimum Gasteiger partial charge on any atom is -0.435 e. The maximum Gasteiger partial charge on any atom is 0.387 e. The van der Waals surface area contributed by atoms with Crippen LogP contribution in [0.3, 0.4) is 0 Å². The van der Waals surface area contributed by atoms with Crippen molar-refractivity contribution in [3.63, 3.8) is 0 Å². The molecular formula is C17H29F2IN4O4S. The average molecular weight is 550 g/mol. The lowest BCUT2D eigenvalue weighted by Gasteiger charge is -2.23. The van der Waals surface area contributed by atoms with Crippen LogP contribution in [0.1, 0.15) is 32.4 Å². The maximum absolute atomic E-state index is 12.2. The monoisotopic (exact) mass is 550 g/mol. The first-order chi connectivity index (χ1) is 12.9. The van der Waals surface area contributed by atoms with Gasteiger partial charge in [0.1, 0.15) is 5.75 Å². The number of hydrogen-bond acceptors (Lipinski definition) is 5. The Balaban J connectivity index is 0.00000784. The smallest absolute Gasteiger partial charge is 0.387 e. The molecule has 0 aliphatic rings. The number of nitrogens with zero attached hydrogens (tertiary/aromatic N) is 1. The van der Waals surface area contributed by atoms with Crippen molar-refractivity contribution < 1.29 is 27.0 Å². The van der Waals surface area contributed by atoms with Crippen LogP contribution in [0.2, 0.25) is 0 Å². The SMILES string of the molecule is CCNC(=NCC(C)(C)NS(C)(=O)=O)NCC(O)c1ccc(OC(F)F)cc1.I. The highest BCUT2D eigenvalue weighted by molar-refractivity contribution is 14.0. The summed E-state index contributed by atoms with van der Waals surface area (Å²) < 4.78 is 53.9. The second-order valence-electron chi connectivity index (χ2n) is 6.80. The molecule has 0 spiro atoms. The van der Waals surface area contributed by atoms with Crippen LogP contribution in [0, 0.1) is 0 Å². The summed E-state index contributed by atoms with van der Waals surface area (Å²) >= 11 is 0. The Bertz CT molecular complexity index is 746. The lowest BCUT2D eigenvalue weighted by atomic mass is 10.1. The fourth-order valence-corrected chi connectivity index (χ4v) is 3.40. The molecule has 29 heavy (non-hydrogen) atoms. The fraction of sp³-hybridized carbons (Fsp3) is 0.588. The zero-order valence-corrected chi connectivity index (χ0v) is 19.9. The lowest BCUT2D eigenvalue weighted by molar-refractivity contribution is -0.0498. The fourth-order valence-electron chi connectivity index (χ4n) is 2.34. The summed E-state index contributed by atoms with van der Waals surface area (Å²) in [6, 6.07) is 5.69. The van der Waals surface area contributed by atoms with Crippen LogP contribution in [0.4, 0.5) is 8.78 Å². The van der Waals surface area contributed by atoms with Crippen LogP contribution in [0.15, 0.2) is 29.3 Å². The molecule has 4 N–H and O–H groups in total. The third-order valence-electron chi connectivity index (χ3n) is 3.39. The van der Waals surface area contributed by atoms with Gasteiger partial charge in [0.05, 0.1) is 18.9 Å². The summed E-state index contributed by atoms with van der Waals surface area (Å²) in [5.74, 6) is 0.414. The number of aliphatic hydroxyl groups is 1. The van der Waals surface area contributed by atoms with Crippen molar-refractivity contribution >= 4 is 40.0 Å². The molecule has 0 bridgehead atoms. The van der Waals surface area contributed by atoms with Gasteiger partial charge >= 0.3 is 6.61 Å². The molecule has 0 saturated carbocycles. The van der Waals surface area contributed by atoms with Crippen molar-refractivity contribution in [2.24, 2.45) is 4.99 Å². The van der Waals surface area contributed by atoms with Gasteiger partial charge in [-0.3, -0.25) is 4.99 Å². The summed E-state index contributed by atoms with van der Waals surface area (Å²) in [7, 11) is -3.37. The molecule has 1 atom stereocenters. The van der Waals surface area contributed by atoms with E-state index in [1.165, 1.54) is 24.3 Å². The molecule has 12 heteroatoms. The highest BCUT2D eigenvalue weighted by atomic mass is 127. The van der Waals surface area contributed by atoms with E-state index in [4.69, 9.17) is 0 Å². The minimum absolute atomic E-state index is 0. The molecule has 1 aromatic carbocycles. The van der Waals surface area contributed by atoms with Crippen molar-refractivity contribution in [3.8, 4) is 5.75 Å². The second-order valence-corrected chi connectivity index (χ2v) is 8.55. The number of ether oxygens (including phenoxy) is 1. The molecule has 0 aliphatic carbocycles. The standard InChI is InChI=1S/C17H28F2N4O4S.HI/c1-5-20-16(22-11-17(2,3)23-28(4,25)26)21-10-14(24)12-6-8-13(9-7-12)27-15(18)19;/h6-9,14-15,23-24H,5,10-11H2,1-4H3,(H2,20,21,22);1H. The Morgan fingerprint density at radius 3 is 2.31 bits per heavy atom. The number of alkyl halides is 2. The normalized spacial score (nSPS) is 13.6. The molecule has 0 fully saturated rings. The molecule has 0 radical (unpaired) electrons. The van der Waals surface area contributed by atoms with Crippen LogP contribution < -0.4 is 20.1 Å². The van der Waals surface area contributed by atoms with Gasteiger partial charge in [0.25, 0.3) is 0 Å². The number of rotatable bonds is 10. The Labute approximate surface area is 187 Å². The van der Waals surface area contributed by atoms with Gasteiger partial charge in [-0.15, -0.1) is 24.0 Å². The predicted molar refractivity (Wildman–Crippen MR) is 119 cm³/mol. The first-order valence-corrected chi connectivity index (χ1v) is 10.5. The summed E-state index contributed by atoms with van der Waals surface area (Å²) in [6.07, 6.45) is 0.169. The number of aliphatic hydroxyl groups excluding tert-OH is 1. The van der Waals surface area contributed by atoms with Gasteiger partial charge in [-0.25, -0.2) is 13.1 Å². The molecule has 0 aliphatic heterocycles. The minimum atomic E-state index is -3.37. The Morgan fingerprint density at radius 1 is 1.24 bits per heavy atom. The first-order valence-electron chi connectivity index (χ1n) is 8.66. The molecule has 168 valence electrons. The third kappa shape index (κ3) is 12.1. The van der Waals surface area contributed by atoms with Crippen LogP contribution in [0.5, 0.6) is 5.75 Å². The number of benzene rings is 1. The van der Waals surface area contributed by atoms with Crippen molar-refractivity contribution in [2.75, 3.05) is 25.9 Å². The number of sulfonamides is 1. The number of halogens is 3. The third-order valence-corrected chi connectivity index (χ3v) is 4.31.